The Morgan fingerprint density at radius 3 is 2.25 bits per heavy atom. The molecular formula is C16H27ClN4O3. The fraction of sp³-hybridized carbons (Fsp3) is 0.812. The Kier molecular flexibility index (Phi) is 6.09. The van der Waals surface area contributed by atoms with Crippen LogP contribution >= 0.6 is 12.4 Å². The fourth-order valence-corrected chi connectivity index (χ4v) is 3.99. The molecule has 1 N–H and O–H groups in total. The molecule has 0 saturated carbocycles. The highest BCUT2D eigenvalue weighted by Crippen LogP contribution is 2.29. The Morgan fingerprint density at radius 1 is 1.12 bits per heavy atom. The largest absolute Gasteiger partial charge is 0.341 e. The molecule has 0 aromatic rings. The second kappa shape index (κ2) is 7.70. The first kappa shape index (κ1) is 19.0. The van der Waals surface area contributed by atoms with Gasteiger partial charge in [-0.05, 0) is 32.6 Å². The van der Waals surface area contributed by atoms with E-state index in [0.29, 0.717) is 31.7 Å². The van der Waals surface area contributed by atoms with Gasteiger partial charge in [0.1, 0.15) is 6.54 Å². The van der Waals surface area contributed by atoms with Gasteiger partial charge in [0, 0.05) is 44.8 Å². The molecule has 2 unspecified atom stereocenters. The third-order valence-electron chi connectivity index (χ3n) is 5.49. The van der Waals surface area contributed by atoms with Gasteiger partial charge < -0.3 is 20.0 Å². The van der Waals surface area contributed by atoms with Crippen LogP contribution in [-0.2, 0) is 14.4 Å². The number of fused-ring (bicyclic) bond motifs is 2. The molecule has 0 aliphatic carbocycles. The summed E-state index contributed by atoms with van der Waals surface area (Å²) in [4.78, 5) is 41.3. The summed E-state index contributed by atoms with van der Waals surface area (Å²) < 4.78 is 0. The van der Waals surface area contributed by atoms with Gasteiger partial charge in [-0.3, -0.25) is 14.4 Å². The molecule has 0 aromatic carbocycles. The molecule has 3 fully saturated rings. The Balaban J connectivity index is 0.00000208. The molecule has 8 heteroatoms. The first-order chi connectivity index (χ1) is 11.0. The summed E-state index contributed by atoms with van der Waals surface area (Å²) in [6, 6.07) is 1.28. The molecule has 3 aliphatic heterocycles. The average Bonchev–Trinajstić information content (AvgIpc) is 2.89. The van der Waals surface area contributed by atoms with E-state index in [4.69, 9.17) is 0 Å². The second-order valence-corrected chi connectivity index (χ2v) is 6.88. The summed E-state index contributed by atoms with van der Waals surface area (Å²) in [5.74, 6) is -1.11. The van der Waals surface area contributed by atoms with Gasteiger partial charge in [-0.15, -0.1) is 12.4 Å². The van der Waals surface area contributed by atoms with Crippen molar-refractivity contribution < 1.29 is 14.4 Å². The van der Waals surface area contributed by atoms with Gasteiger partial charge in [-0.25, -0.2) is 0 Å². The van der Waals surface area contributed by atoms with Crippen molar-refractivity contribution in [3.63, 3.8) is 0 Å². The zero-order chi connectivity index (χ0) is 16.6. The van der Waals surface area contributed by atoms with Gasteiger partial charge in [0.2, 0.25) is 5.91 Å². The standard InChI is InChI=1S/C16H26N4O3.ClH/c1-3-19-6-7-20(16(23)15(19)22)10-14(21)18(2)13-8-11-4-5-12(9-13)17-11;/h11-13,17H,3-10H2,1-2H3;1H. The lowest BCUT2D eigenvalue weighted by atomic mass is 9.98. The zero-order valence-corrected chi connectivity index (χ0v) is 15.2. The minimum absolute atomic E-state index is 0. The molecule has 0 spiro atoms. The van der Waals surface area contributed by atoms with Gasteiger partial charge in [0.25, 0.3) is 0 Å². The number of piperidine rings is 1. The fourth-order valence-electron chi connectivity index (χ4n) is 3.99. The Morgan fingerprint density at radius 2 is 1.67 bits per heavy atom. The summed E-state index contributed by atoms with van der Waals surface area (Å²) in [6.07, 6.45) is 4.34. The smallest absolute Gasteiger partial charge is 0.312 e. The maximum atomic E-state index is 12.5. The number of nitrogens with one attached hydrogen (secondary N) is 1. The van der Waals surface area contributed by atoms with Gasteiger partial charge >= 0.3 is 11.8 Å². The van der Waals surface area contributed by atoms with Crippen molar-refractivity contribution in [1.82, 2.24) is 20.0 Å². The molecule has 3 saturated heterocycles. The molecule has 3 rings (SSSR count). The van der Waals surface area contributed by atoms with Crippen molar-refractivity contribution >= 4 is 30.1 Å². The molecule has 2 atom stereocenters. The number of carbonyl (C=O) groups is 3. The Labute approximate surface area is 149 Å². The normalized spacial score (nSPS) is 29.5. The van der Waals surface area contributed by atoms with E-state index in [1.54, 1.807) is 4.90 Å². The lowest BCUT2D eigenvalue weighted by molar-refractivity contribution is -0.157. The monoisotopic (exact) mass is 358 g/mol. The van der Waals surface area contributed by atoms with E-state index in [2.05, 4.69) is 5.32 Å². The second-order valence-electron chi connectivity index (χ2n) is 6.88. The summed E-state index contributed by atoms with van der Waals surface area (Å²) >= 11 is 0. The van der Waals surface area contributed by atoms with E-state index in [1.165, 1.54) is 22.6 Å². The lowest BCUT2D eigenvalue weighted by Crippen LogP contribution is -2.57. The van der Waals surface area contributed by atoms with E-state index in [-0.39, 0.29) is 30.9 Å². The van der Waals surface area contributed by atoms with E-state index >= 15 is 0 Å². The lowest BCUT2D eigenvalue weighted by Gasteiger charge is -2.37. The van der Waals surface area contributed by atoms with Crippen LogP contribution in [0.25, 0.3) is 0 Å². The third kappa shape index (κ3) is 3.67. The van der Waals surface area contributed by atoms with Crippen LogP contribution in [0, 0.1) is 0 Å². The summed E-state index contributed by atoms with van der Waals surface area (Å²) in [5.41, 5.74) is 0. The van der Waals surface area contributed by atoms with Crippen LogP contribution in [0.5, 0.6) is 0 Å². The van der Waals surface area contributed by atoms with Crippen LogP contribution in [0.2, 0.25) is 0 Å². The number of nitrogens with zero attached hydrogens (tertiary/aromatic N) is 3. The minimum Gasteiger partial charge on any atom is -0.341 e. The number of carbonyl (C=O) groups excluding carboxylic acids is 3. The summed E-state index contributed by atoms with van der Waals surface area (Å²) in [7, 11) is 1.83. The van der Waals surface area contributed by atoms with Crippen molar-refractivity contribution in [1.29, 1.82) is 0 Å². The number of likely N-dealkylation sites (N-methyl/N-ethyl adjacent to an activating group) is 2. The topological polar surface area (TPSA) is 73.0 Å². The SMILES string of the molecule is CCN1CCN(CC(=O)N(C)C2CC3CCC(C2)N3)C(=O)C1=O.Cl. The predicted molar refractivity (Wildman–Crippen MR) is 91.8 cm³/mol. The van der Waals surface area contributed by atoms with E-state index in [9.17, 15) is 14.4 Å². The van der Waals surface area contributed by atoms with E-state index < -0.39 is 11.8 Å². The minimum atomic E-state index is -0.551. The molecule has 7 nitrogen and oxygen atoms in total. The van der Waals surface area contributed by atoms with Crippen LogP contribution in [0.1, 0.15) is 32.6 Å². The molecule has 3 amide bonds. The molecule has 136 valence electrons. The molecule has 2 bridgehead atoms. The highest BCUT2D eigenvalue weighted by Gasteiger charge is 2.38. The van der Waals surface area contributed by atoms with Gasteiger partial charge in [-0.1, -0.05) is 0 Å². The predicted octanol–water partition coefficient (Wildman–Crippen LogP) is -0.160. The van der Waals surface area contributed by atoms with Gasteiger partial charge in [0.15, 0.2) is 0 Å². The number of hydrogen-bond donors (Lipinski definition) is 1. The molecule has 24 heavy (non-hydrogen) atoms. The van der Waals surface area contributed by atoms with Crippen LogP contribution in [0.4, 0.5) is 0 Å². The number of amides is 3. The van der Waals surface area contributed by atoms with Crippen molar-refractivity contribution in [2.24, 2.45) is 0 Å². The van der Waals surface area contributed by atoms with Crippen molar-refractivity contribution in [3.8, 4) is 0 Å². The Hall–Kier alpha value is -1.34. The van der Waals surface area contributed by atoms with Crippen molar-refractivity contribution in [2.75, 3.05) is 33.2 Å². The average molecular weight is 359 g/mol. The first-order valence-corrected chi connectivity index (χ1v) is 8.59. The Bertz CT molecular complexity index is 504. The highest BCUT2D eigenvalue weighted by atomic mass is 35.5. The number of rotatable bonds is 4. The number of halogens is 1. The van der Waals surface area contributed by atoms with Crippen LogP contribution < -0.4 is 5.32 Å². The highest BCUT2D eigenvalue weighted by molar-refractivity contribution is 6.35. The maximum Gasteiger partial charge on any atom is 0.312 e. The number of hydrogen-bond acceptors (Lipinski definition) is 4. The van der Waals surface area contributed by atoms with E-state index in [1.807, 2.05) is 14.0 Å². The van der Waals surface area contributed by atoms with Crippen molar-refractivity contribution in [3.05, 3.63) is 0 Å². The first-order valence-electron chi connectivity index (χ1n) is 8.59. The zero-order valence-electron chi connectivity index (χ0n) is 14.4. The van der Waals surface area contributed by atoms with Crippen molar-refractivity contribution in [2.45, 2.75) is 50.7 Å². The van der Waals surface area contributed by atoms with Crippen LogP contribution in [0.15, 0.2) is 0 Å². The summed E-state index contributed by atoms with van der Waals surface area (Å²) in [5, 5.41) is 3.57. The number of piperazine rings is 1. The van der Waals surface area contributed by atoms with Gasteiger partial charge in [-0.2, -0.15) is 0 Å². The van der Waals surface area contributed by atoms with Crippen LogP contribution in [0.3, 0.4) is 0 Å². The molecule has 0 aromatic heterocycles. The quantitative estimate of drug-likeness (QED) is 0.709. The molecular weight excluding hydrogens is 332 g/mol. The van der Waals surface area contributed by atoms with Crippen LogP contribution in [-0.4, -0.2) is 83.8 Å². The molecule has 0 radical (unpaired) electrons. The van der Waals surface area contributed by atoms with E-state index in [0.717, 1.165) is 12.8 Å². The molecule has 3 heterocycles. The van der Waals surface area contributed by atoms with Gasteiger partial charge in [0.05, 0.1) is 0 Å². The molecule has 3 aliphatic rings. The third-order valence-corrected chi connectivity index (χ3v) is 5.49. The maximum absolute atomic E-state index is 12.5. The summed E-state index contributed by atoms with van der Waals surface area (Å²) in [6.45, 7) is 3.35.